The average molecular weight is 406 g/mol. The molecular weight excluding hydrogens is 377 g/mol. The first-order valence-electron chi connectivity index (χ1n) is 10.1. The monoisotopic (exact) mass is 406 g/mol. The molecule has 0 aliphatic carbocycles. The standard InChI is InChI=1S/C23H29F3N2O/c1-17-14-20(15-18(2)22(17)29-16-19-6-4-3-5-7-19)21(8-9-23(24,25)26)28-12-10-27-11-13-28/h3-7,14-15,21,27H,8-13,16H2,1-2H3/t21-/m1/s1. The van der Waals surface area contributed by atoms with E-state index in [9.17, 15) is 13.2 Å². The Morgan fingerprint density at radius 3 is 2.24 bits per heavy atom. The van der Waals surface area contributed by atoms with E-state index < -0.39 is 12.6 Å². The fraction of sp³-hybridized carbons (Fsp3) is 0.478. The summed E-state index contributed by atoms with van der Waals surface area (Å²) in [6.07, 6.45) is -4.84. The van der Waals surface area contributed by atoms with E-state index >= 15 is 0 Å². The van der Waals surface area contributed by atoms with Crippen molar-refractivity contribution in [1.82, 2.24) is 10.2 Å². The summed E-state index contributed by atoms with van der Waals surface area (Å²) in [5.74, 6) is 0.812. The maximum Gasteiger partial charge on any atom is 0.389 e. The molecule has 1 aliphatic heterocycles. The molecule has 1 heterocycles. The molecule has 29 heavy (non-hydrogen) atoms. The minimum atomic E-state index is -4.14. The highest BCUT2D eigenvalue weighted by Crippen LogP contribution is 2.35. The van der Waals surface area contributed by atoms with Gasteiger partial charge in [-0.15, -0.1) is 0 Å². The molecule has 1 saturated heterocycles. The molecule has 1 fully saturated rings. The maximum absolute atomic E-state index is 12.9. The highest BCUT2D eigenvalue weighted by molar-refractivity contribution is 5.44. The Labute approximate surface area is 170 Å². The number of rotatable bonds is 7. The van der Waals surface area contributed by atoms with Crippen molar-refractivity contribution < 1.29 is 17.9 Å². The van der Waals surface area contributed by atoms with Gasteiger partial charge in [0.15, 0.2) is 0 Å². The summed E-state index contributed by atoms with van der Waals surface area (Å²) >= 11 is 0. The van der Waals surface area contributed by atoms with Gasteiger partial charge in [-0.05, 0) is 42.5 Å². The summed E-state index contributed by atoms with van der Waals surface area (Å²) in [5, 5.41) is 3.27. The lowest BCUT2D eigenvalue weighted by atomic mass is 9.95. The molecule has 2 aromatic carbocycles. The SMILES string of the molecule is Cc1cc([C@@H](CCC(F)(F)F)N2CCNCC2)cc(C)c1OCc1ccccc1. The number of piperazine rings is 1. The molecule has 1 N–H and O–H groups in total. The Morgan fingerprint density at radius 2 is 1.66 bits per heavy atom. The third kappa shape index (κ3) is 6.21. The number of nitrogens with one attached hydrogen (secondary N) is 1. The molecule has 0 aromatic heterocycles. The van der Waals surface area contributed by atoms with Crippen LogP contribution in [0.2, 0.25) is 0 Å². The zero-order chi connectivity index (χ0) is 20.9. The van der Waals surface area contributed by atoms with Gasteiger partial charge in [0.1, 0.15) is 12.4 Å². The van der Waals surface area contributed by atoms with Crippen LogP contribution in [-0.2, 0) is 6.61 Å². The molecule has 0 radical (unpaired) electrons. The largest absolute Gasteiger partial charge is 0.488 e. The van der Waals surface area contributed by atoms with Gasteiger partial charge in [0.2, 0.25) is 0 Å². The van der Waals surface area contributed by atoms with Crippen molar-refractivity contribution in [2.24, 2.45) is 0 Å². The lowest BCUT2D eigenvalue weighted by Gasteiger charge is -2.36. The van der Waals surface area contributed by atoms with E-state index in [1.165, 1.54) is 0 Å². The molecule has 3 nitrogen and oxygen atoms in total. The predicted octanol–water partition coefficient (Wildman–Crippen LogP) is 5.17. The fourth-order valence-corrected chi connectivity index (χ4v) is 3.99. The lowest BCUT2D eigenvalue weighted by molar-refractivity contribution is -0.138. The second-order valence-corrected chi connectivity index (χ2v) is 7.71. The number of aryl methyl sites for hydroxylation is 2. The third-order valence-corrected chi connectivity index (χ3v) is 5.39. The number of benzene rings is 2. The number of halogens is 3. The molecule has 3 rings (SSSR count). The Hall–Kier alpha value is -2.05. The van der Waals surface area contributed by atoms with Gasteiger partial charge in [-0.2, -0.15) is 13.2 Å². The first-order chi connectivity index (χ1) is 13.8. The molecule has 2 aromatic rings. The quantitative estimate of drug-likeness (QED) is 0.686. The van der Waals surface area contributed by atoms with E-state index in [-0.39, 0.29) is 12.5 Å². The zero-order valence-electron chi connectivity index (χ0n) is 17.1. The van der Waals surface area contributed by atoms with Gasteiger partial charge in [-0.3, -0.25) is 4.90 Å². The smallest absolute Gasteiger partial charge is 0.389 e. The zero-order valence-corrected chi connectivity index (χ0v) is 17.1. The molecule has 0 spiro atoms. The van der Waals surface area contributed by atoms with Gasteiger partial charge in [-0.25, -0.2) is 0 Å². The first-order valence-corrected chi connectivity index (χ1v) is 10.1. The maximum atomic E-state index is 12.9. The van der Waals surface area contributed by atoms with E-state index in [1.54, 1.807) is 0 Å². The number of nitrogens with zero attached hydrogens (tertiary/aromatic N) is 1. The van der Waals surface area contributed by atoms with Crippen LogP contribution in [0.5, 0.6) is 5.75 Å². The van der Waals surface area contributed by atoms with Crippen LogP contribution >= 0.6 is 0 Å². The van der Waals surface area contributed by atoms with Crippen LogP contribution in [-0.4, -0.2) is 37.3 Å². The van der Waals surface area contributed by atoms with Gasteiger partial charge in [0.25, 0.3) is 0 Å². The molecule has 158 valence electrons. The summed E-state index contributed by atoms with van der Waals surface area (Å²) in [4.78, 5) is 2.17. The fourth-order valence-electron chi connectivity index (χ4n) is 3.99. The van der Waals surface area contributed by atoms with Crippen LogP contribution in [0.15, 0.2) is 42.5 Å². The highest BCUT2D eigenvalue weighted by Gasteiger charge is 2.31. The van der Waals surface area contributed by atoms with Gasteiger partial charge in [0.05, 0.1) is 0 Å². The van der Waals surface area contributed by atoms with E-state index in [0.29, 0.717) is 6.61 Å². The number of alkyl halides is 3. The molecule has 1 aliphatic rings. The number of hydrogen-bond acceptors (Lipinski definition) is 3. The van der Waals surface area contributed by atoms with E-state index in [2.05, 4.69) is 10.2 Å². The molecule has 0 bridgehead atoms. The van der Waals surface area contributed by atoms with E-state index in [1.807, 2.05) is 56.3 Å². The summed E-state index contributed by atoms with van der Waals surface area (Å²) in [7, 11) is 0. The summed E-state index contributed by atoms with van der Waals surface area (Å²) in [6, 6.07) is 13.7. The predicted molar refractivity (Wildman–Crippen MR) is 109 cm³/mol. The molecule has 0 amide bonds. The van der Waals surface area contributed by atoms with Crippen molar-refractivity contribution in [1.29, 1.82) is 0 Å². The van der Waals surface area contributed by atoms with Crippen LogP contribution in [0.4, 0.5) is 13.2 Å². The van der Waals surface area contributed by atoms with Crippen LogP contribution in [0.3, 0.4) is 0 Å². The number of ether oxygens (including phenoxy) is 1. The lowest BCUT2D eigenvalue weighted by Crippen LogP contribution is -2.45. The van der Waals surface area contributed by atoms with Crippen molar-refractivity contribution in [3.05, 3.63) is 64.7 Å². The van der Waals surface area contributed by atoms with Crippen molar-refractivity contribution in [3.8, 4) is 5.75 Å². The molecular formula is C23H29F3N2O. The highest BCUT2D eigenvalue weighted by atomic mass is 19.4. The van der Waals surface area contributed by atoms with Crippen molar-refractivity contribution in [2.45, 2.75) is 45.5 Å². The van der Waals surface area contributed by atoms with Crippen LogP contribution in [0.1, 0.15) is 41.1 Å². The molecule has 0 unspecified atom stereocenters. The summed E-state index contributed by atoms with van der Waals surface area (Å²) in [6.45, 7) is 7.53. The van der Waals surface area contributed by atoms with Crippen LogP contribution in [0, 0.1) is 13.8 Å². The third-order valence-electron chi connectivity index (χ3n) is 5.39. The van der Waals surface area contributed by atoms with Gasteiger partial charge in [-0.1, -0.05) is 42.5 Å². The van der Waals surface area contributed by atoms with Crippen molar-refractivity contribution >= 4 is 0 Å². The van der Waals surface area contributed by atoms with Crippen LogP contribution < -0.4 is 10.1 Å². The Bertz CT molecular complexity index is 763. The number of hydrogen-bond donors (Lipinski definition) is 1. The second-order valence-electron chi connectivity index (χ2n) is 7.71. The second kappa shape index (κ2) is 9.63. The van der Waals surface area contributed by atoms with Gasteiger partial charge >= 0.3 is 6.18 Å². The Morgan fingerprint density at radius 1 is 1.03 bits per heavy atom. The van der Waals surface area contributed by atoms with E-state index in [4.69, 9.17) is 4.74 Å². The van der Waals surface area contributed by atoms with Gasteiger partial charge < -0.3 is 10.1 Å². The molecule has 1 atom stereocenters. The van der Waals surface area contributed by atoms with Gasteiger partial charge in [0, 0.05) is 38.6 Å². The topological polar surface area (TPSA) is 24.5 Å². The first kappa shape index (κ1) is 21.7. The Balaban J connectivity index is 1.80. The normalized spacial score (nSPS) is 16.6. The van der Waals surface area contributed by atoms with Crippen molar-refractivity contribution in [2.75, 3.05) is 26.2 Å². The minimum Gasteiger partial charge on any atom is -0.488 e. The summed E-state index contributed by atoms with van der Waals surface area (Å²) < 4.78 is 44.8. The summed E-state index contributed by atoms with van der Waals surface area (Å²) in [5.41, 5.74) is 3.95. The minimum absolute atomic E-state index is 0.0760. The molecule has 0 saturated carbocycles. The Kier molecular flexibility index (Phi) is 7.19. The van der Waals surface area contributed by atoms with E-state index in [0.717, 1.165) is 54.2 Å². The van der Waals surface area contributed by atoms with Crippen LogP contribution in [0.25, 0.3) is 0 Å². The average Bonchev–Trinajstić information content (AvgIpc) is 2.68. The van der Waals surface area contributed by atoms with Crippen molar-refractivity contribution in [3.63, 3.8) is 0 Å². The molecule has 6 heteroatoms.